The maximum Gasteiger partial charge on any atom is 0.341 e. The molecule has 0 fully saturated rings. The number of rotatable bonds is 5. The first-order valence-electron chi connectivity index (χ1n) is 5.36. The third kappa shape index (κ3) is 5.43. The molecule has 0 aromatic heterocycles. The molecule has 1 unspecified atom stereocenters. The lowest BCUT2D eigenvalue weighted by Crippen LogP contribution is -2.02. The SMILES string of the molecule is Cc1cc(OP(O)(OP(O)(O)=S)=S(C)C)ccc1[N+](=O)[O-]. The maximum absolute atomic E-state index is 10.7. The topological polar surface area (TPSA) is 122 Å². The van der Waals surface area contributed by atoms with Crippen molar-refractivity contribution in [2.45, 2.75) is 6.92 Å². The second-order valence-corrected chi connectivity index (χ2v) is 13.4. The Morgan fingerprint density at radius 3 is 2.29 bits per heavy atom. The van der Waals surface area contributed by atoms with Gasteiger partial charge in [-0.15, -0.1) is 10.1 Å². The predicted octanol–water partition coefficient (Wildman–Crippen LogP) is 2.06. The summed E-state index contributed by atoms with van der Waals surface area (Å²) in [7, 11) is -0.857. The fourth-order valence-electron chi connectivity index (χ4n) is 1.32. The molecular weight excluding hydrogens is 360 g/mol. The van der Waals surface area contributed by atoms with Gasteiger partial charge in [0.15, 0.2) is 0 Å². The van der Waals surface area contributed by atoms with Gasteiger partial charge in [-0.3, -0.25) is 10.1 Å². The largest absolute Gasteiger partial charge is 0.428 e. The molecule has 0 saturated carbocycles. The van der Waals surface area contributed by atoms with E-state index in [0.29, 0.717) is 5.56 Å². The normalized spacial score (nSPS) is 14.8. The standard InChI is InChI=1S/C9H15NO7P2S2/c1-7-6-8(4-5-9(7)10(11)12)16-19(15,21(2)3)17-18(13,14)20/h4-6,15H,1-3H3,(H2,13,14,20). The van der Waals surface area contributed by atoms with Crippen molar-refractivity contribution in [3.05, 3.63) is 33.9 Å². The minimum atomic E-state index is -4.11. The molecule has 0 saturated heterocycles. The number of nitrogens with zero attached hydrogens (tertiary/aromatic N) is 1. The Balaban J connectivity index is 3.18. The van der Waals surface area contributed by atoms with Gasteiger partial charge in [-0.25, -0.2) is 4.31 Å². The van der Waals surface area contributed by atoms with E-state index in [2.05, 4.69) is 11.8 Å². The van der Waals surface area contributed by atoms with Gasteiger partial charge < -0.3 is 19.2 Å². The molecule has 0 aliphatic carbocycles. The van der Waals surface area contributed by atoms with Crippen molar-refractivity contribution in [3.63, 3.8) is 0 Å². The van der Waals surface area contributed by atoms with Gasteiger partial charge in [0.25, 0.3) is 5.69 Å². The van der Waals surface area contributed by atoms with Crippen LogP contribution in [0.4, 0.5) is 5.69 Å². The Morgan fingerprint density at radius 1 is 1.33 bits per heavy atom. The molecule has 0 bridgehead atoms. The van der Waals surface area contributed by atoms with Crippen LogP contribution in [0.25, 0.3) is 0 Å². The van der Waals surface area contributed by atoms with Crippen LogP contribution < -0.4 is 4.52 Å². The van der Waals surface area contributed by atoms with E-state index < -0.39 is 28.4 Å². The van der Waals surface area contributed by atoms with Crippen LogP contribution in [-0.2, 0) is 26.2 Å². The molecule has 0 aliphatic heterocycles. The number of hydrogen-bond donors (Lipinski definition) is 3. The molecule has 0 aliphatic rings. The van der Waals surface area contributed by atoms with Crippen LogP contribution in [0.5, 0.6) is 5.75 Å². The van der Waals surface area contributed by atoms with Crippen LogP contribution in [0.15, 0.2) is 18.2 Å². The summed E-state index contributed by atoms with van der Waals surface area (Å²) in [6, 6.07) is 3.88. The fourth-order valence-corrected chi connectivity index (χ4v) is 7.52. The van der Waals surface area contributed by atoms with Gasteiger partial charge in [-0.05, 0) is 43.4 Å². The van der Waals surface area contributed by atoms with E-state index in [4.69, 9.17) is 8.83 Å². The van der Waals surface area contributed by atoms with Crippen molar-refractivity contribution < 1.29 is 28.4 Å². The minimum absolute atomic E-state index is 0.0911. The summed E-state index contributed by atoms with van der Waals surface area (Å²) in [6.45, 7) is -6.23. The highest BCUT2D eigenvalue weighted by molar-refractivity contribution is 8.29. The average Bonchev–Trinajstić information content (AvgIpc) is 2.25. The highest BCUT2D eigenvalue weighted by Gasteiger charge is 2.28. The van der Waals surface area contributed by atoms with Crippen molar-refractivity contribution in [2.24, 2.45) is 0 Å². The van der Waals surface area contributed by atoms with Crippen LogP contribution in [0.3, 0.4) is 0 Å². The van der Waals surface area contributed by atoms with Gasteiger partial charge in [0.2, 0.25) is 0 Å². The van der Waals surface area contributed by atoms with Gasteiger partial charge >= 0.3 is 13.4 Å². The van der Waals surface area contributed by atoms with E-state index in [1.54, 1.807) is 12.5 Å². The molecular formula is C9H15NO7P2S2. The van der Waals surface area contributed by atoms with E-state index in [9.17, 15) is 24.8 Å². The van der Waals surface area contributed by atoms with Gasteiger partial charge in [0, 0.05) is 11.6 Å². The van der Waals surface area contributed by atoms with Crippen molar-refractivity contribution in [1.29, 1.82) is 0 Å². The first-order valence-corrected chi connectivity index (χ1v) is 12.2. The average molecular weight is 375 g/mol. The molecule has 12 heteroatoms. The highest BCUT2D eigenvalue weighted by atomic mass is 32.5. The van der Waals surface area contributed by atoms with Gasteiger partial charge in [-0.1, -0.05) is 0 Å². The molecule has 1 aromatic rings. The third-order valence-corrected chi connectivity index (χ3v) is 9.49. The summed E-state index contributed by atoms with van der Waals surface area (Å²) >= 11 is 4.35. The molecule has 3 N–H and O–H groups in total. The summed E-state index contributed by atoms with van der Waals surface area (Å²) in [6.07, 6.45) is 3.19. The monoisotopic (exact) mass is 375 g/mol. The van der Waals surface area contributed by atoms with E-state index in [1.165, 1.54) is 25.1 Å². The van der Waals surface area contributed by atoms with Crippen molar-refractivity contribution in [3.8, 4) is 5.75 Å². The van der Waals surface area contributed by atoms with Crippen molar-refractivity contribution >= 4 is 41.0 Å². The molecule has 0 radical (unpaired) electrons. The molecule has 21 heavy (non-hydrogen) atoms. The molecule has 120 valence electrons. The Hall–Kier alpha value is -0.310. The fraction of sp³-hybridized carbons (Fsp3) is 0.333. The Morgan fingerprint density at radius 2 is 1.90 bits per heavy atom. The number of aryl methyl sites for hydroxylation is 1. The van der Waals surface area contributed by atoms with Gasteiger partial charge in [-0.2, -0.15) is 0 Å². The Labute approximate surface area is 128 Å². The number of nitro benzene ring substituents is 1. The zero-order chi connectivity index (χ0) is 16.4. The van der Waals surface area contributed by atoms with E-state index >= 15 is 0 Å². The quantitative estimate of drug-likeness (QED) is 0.406. The van der Waals surface area contributed by atoms with Crippen LogP contribution >= 0.6 is 13.4 Å². The third-order valence-electron chi connectivity index (χ3n) is 2.26. The van der Waals surface area contributed by atoms with Crippen molar-refractivity contribution in [2.75, 3.05) is 12.5 Å². The zero-order valence-electron chi connectivity index (χ0n) is 11.4. The lowest BCUT2D eigenvalue weighted by atomic mass is 10.2. The second kappa shape index (κ2) is 6.85. The van der Waals surface area contributed by atoms with Crippen LogP contribution in [-0.4, -0.2) is 32.1 Å². The molecule has 1 rings (SSSR count). The lowest BCUT2D eigenvalue weighted by Gasteiger charge is -2.24. The van der Waals surface area contributed by atoms with Crippen LogP contribution in [0.2, 0.25) is 0 Å². The molecule has 1 atom stereocenters. The predicted molar refractivity (Wildman–Crippen MR) is 86.6 cm³/mol. The van der Waals surface area contributed by atoms with Gasteiger partial charge in [0.1, 0.15) is 5.75 Å². The van der Waals surface area contributed by atoms with Crippen molar-refractivity contribution in [1.82, 2.24) is 0 Å². The molecule has 0 heterocycles. The van der Waals surface area contributed by atoms with Crippen LogP contribution in [0, 0.1) is 17.0 Å². The minimum Gasteiger partial charge on any atom is -0.428 e. The smallest absolute Gasteiger partial charge is 0.341 e. The molecule has 0 spiro atoms. The Kier molecular flexibility index (Phi) is 6.11. The van der Waals surface area contributed by atoms with E-state index in [0.717, 1.165) is 0 Å². The summed E-state index contributed by atoms with van der Waals surface area (Å²) in [5.74, 6) is 0.124. The first-order chi connectivity index (χ1) is 9.44. The summed E-state index contributed by atoms with van der Waals surface area (Å²) < 4.78 is 10.1. The second-order valence-electron chi connectivity index (χ2n) is 4.11. The summed E-state index contributed by atoms with van der Waals surface area (Å²) in [5.41, 5.74) is 0.245. The number of benzene rings is 1. The summed E-state index contributed by atoms with van der Waals surface area (Å²) in [5, 5.41) is 10.7. The van der Waals surface area contributed by atoms with E-state index in [-0.39, 0.29) is 11.4 Å². The number of nitro groups is 1. The number of hydrogen-bond acceptors (Lipinski definition) is 5. The first kappa shape index (κ1) is 18.7. The molecule has 0 amide bonds. The maximum atomic E-state index is 10.7. The lowest BCUT2D eigenvalue weighted by molar-refractivity contribution is -0.385. The summed E-state index contributed by atoms with van der Waals surface area (Å²) in [4.78, 5) is 39.0. The Bertz CT molecular complexity index is 668. The zero-order valence-corrected chi connectivity index (χ0v) is 14.8. The highest BCUT2D eigenvalue weighted by Crippen LogP contribution is 2.60. The van der Waals surface area contributed by atoms with Crippen LogP contribution in [0.1, 0.15) is 5.56 Å². The van der Waals surface area contributed by atoms with Gasteiger partial charge in [0.05, 0.1) is 4.92 Å². The molecule has 1 aromatic carbocycles. The van der Waals surface area contributed by atoms with E-state index in [1.807, 2.05) is 0 Å². The molecule has 8 nitrogen and oxygen atoms in total.